The maximum atomic E-state index is 8.34. The Labute approximate surface area is 75.3 Å². The zero-order valence-corrected chi connectivity index (χ0v) is 7.19. The molecule has 1 N–H and O–H groups in total. The van der Waals surface area contributed by atoms with Gasteiger partial charge in [-0.05, 0) is 24.1 Å². The van der Waals surface area contributed by atoms with Crippen molar-refractivity contribution in [1.82, 2.24) is 0 Å². The zero-order valence-electron chi connectivity index (χ0n) is 7.19. The molecular weight excluding hydrogens is 166 g/mol. The molecule has 0 fully saturated rings. The number of oxime groups is 1. The van der Waals surface area contributed by atoms with Crippen LogP contribution in [0.2, 0.25) is 0 Å². The first-order valence-electron chi connectivity index (χ1n) is 3.96. The molecule has 2 aromatic rings. The van der Waals surface area contributed by atoms with Gasteiger partial charge >= 0.3 is 0 Å². The van der Waals surface area contributed by atoms with Crippen LogP contribution < -0.4 is 0 Å². The van der Waals surface area contributed by atoms with Crippen LogP contribution in [0, 0.1) is 6.92 Å². The van der Waals surface area contributed by atoms with Crippen molar-refractivity contribution < 1.29 is 9.62 Å². The summed E-state index contributed by atoms with van der Waals surface area (Å²) in [6.07, 6.45) is 3.09. The predicted octanol–water partition coefficient (Wildman–Crippen LogP) is 2.55. The van der Waals surface area contributed by atoms with E-state index >= 15 is 0 Å². The van der Waals surface area contributed by atoms with Crippen LogP contribution in [0.15, 0.2) is 34.0 Å². The summed E-state index contributed by atoms with van der Waals surface area (Å²) in [6, 6.07) is 5.66. The number of aryl methyl sites for hydroxylation is 1. The van der Waals surface area contributed by atoms with E-state index in [4.69, 9.17) is 9.62 Å². The molecule has 0 saturated carbocycles. The number of benzene rings is 1. The molecular formula is C10H9NO2. The summed E-state index contributed by atoms with van der Waals surface area (Å²) >= 11 is 0. The van der Waals surface area contributed by atoms with Crippen molar-refractivity contribution in [2.45, 2.75) is 6.92 Å². The molecule has 66 valence electrons. The fourth-order valence-electron chi connectivity index (χ4n) is 1.32. The van der Waals surface area contributed by atoms with Crippen LogP contribution in [0.1, 0.15) is 11.1 Å². The molecule has 0 amide bonds. The number of hydrogen-bond acceptors (Lipinski definition) is 3. The van der Waals surface area contributed by atoms with E-state index in [1.165, 1.54) is 6.21 Å². The van der Waals surface area contributed by atoms with Crippen molar-refractivity contribution in [2.24, 2.45) is 5.16 Å². The van der Waals surface area contributed by atoms with Gasteiger partial charge in [-0.3, -0.25) is 0 Å². The van der Waals surface area contributed by atoms with Gasteiger partial charge < -0.3 is 9.62 Å². The Morgan fingerprint density at radius 2 is 2.31 bits per heavy atom. The molecule has 1 heterocycles. The van der Waals surface area contributed by atoms with Gasteiger partial charge in [0.2, 0.25) is 0 Å². The number of nitrogens with zero attached hydrogens (tertiary/aromatic N) is 1. The Hall–Kier alpha value is -1.77. The Bertz CT molecular complexity index is 457. The fourth-order valence-corrected chi connectivity index (χ4v) is 1.32. The molecule has 0 radical (unpaired) electrons. The predicted molar refractivity (Wildman–Crippen MR) is 50.3 cm³/mol. The third-order valence-electron chi connectivity index (χ3n) is 2.00. The van der Waals surface area contributed by atoms with Gasteiger partial charge in [-0.15, -0.1) is 0 Å². The number of rotatable bonds is 1. The summed E-state index contributed by atoms with van der Waals surface area (Å²) in [7, 11) is 0. The summed E-state index contributed by atoms with van der Waals surface area (Å²) in [5, 5.41) is 12.4. The Morgan fingerprint density at radius 1 is 1.46 bits per heavy atom. The van der Waals surface area contributed by atoms with Crippen molar-refractivity contribution in [3.63, 3.8) is 0 Å². The molecule has 1 aromatic heterocycles. The third-order valence-corrected chi connectivity index (χ3v) is 2.00. The molecule has 0 spiro atoms. The van der Waals surface area contributed by atoms with Gasteiger partial charge in [0.15, 0.2) is 0 Å². The van der Waals surface area contributed by atoms with Crippen LogP contribution in [0.5, 0.6) is 0 Å². The minimum absolute atomic E-state index is 0.815. The van der Waals surface area contributed by atoms with Gasteiger partial charge in [-0.1, -0.05) is 17.3 Å². The van der Waals surface area contributed by atoms with Gasteiger partial charge in [-0.25, -0.2) is 0 Å². The highest BCUT2D eigenvalue weighted by molar-refractivity contribution is 5.88. The minimum atomic E-state index is 0.815. The lowest BCUT2D eigenvalue weighted by Gasteiger charge is -1.91. The SMILES string of the molecule is Cc1coc2cc(C=NO)ccc12. The summed E-state index contributed by atoms with van der Waals surface area (Å²) in [6.45, 7) is 1.99. The lowest BCUT2D eigenvalue weighted by Crippen LogP contribution is -1.79. The number of hydrogen-bond donors (Lipinski definition) is 1. The second-order valence-electron chi connectivity index (χ2n) is 2.92. The number of furan rings is 1. The van der Waals surface area contributed by atoms with Crippen LogP contribution in [-0.4, -0.2) is 11.4 Å². The Morgan fingerprint density at radius 3 is 3.08 bits per heavy atom. The molecule has 3 heteroatoms. The van der Waals surface area contributed by atoms with E-state index in [0.717, 1.165) is 22.1 Å². The average Bonchev–Trinajstić information content (AvgIpc) is 2.48. The van der Waals surface area contributed by atoms with Crippen molar-refractivity contribution in [3.8, 4) is 0 Å². The van der Waals surface area contributed by atoms with Gasteiger partial charge in [0, 0.05) is 5.39 Å². The molecule has 2 rings (SSSR count). The van der Waals surface area contributed by atoms with Crippen molar-refractivity contribution in [2.75, 3.05) is 0 Å². The van der Waals surface area contributed by atoms with Crippen LogP contribution >= 0.6 is 0 Å². The molecule has 0 aliphatic heterocycles. The molecule has 13 heavy (non-hydrogen) atoms. The lowest BCUT2D eigenvalue weighted by molar-refractivity contribution is 0.322. The molecule has 0 aliphatic rings. The van der Waals surface area contributed by atoms with Gasteiger partial charge in [0.25, 0.3) is 0 Å². The highest BCUT2D eigenvalue weighted by Crippen LogP contribution is 2.20. The van der Waals surface area contributed by atoms with Crippen molar-refractivity contribution in [3.05, 3.63) is 35.6 Å². The fraction of sp³-hybridized carbons (Fsp3) is 0.100. The van der Waals surface area contributed by atoms with Crippen LogP contribution in [0.25, 0.3) is 11.0 Å². The highest BCUT2D eigenvalue weighted by Gasteiger charge is 2.01. The normalized spacial score (nSPS) is 11.5. The molecule has 0 atom stereocenters. The summed E-state index contributed by atoms with van der Waals surface area (Å²) in [5.41, 5.74) is 2.75. The maximum absolute atomic E-state index is 8.34. The highest BCUT2D eigenvalue weighted by atomic mass is 16.4. The molecule has 0 unspecified atom stereocenters. The van der Waals surface area contributed by atoms with E-state index in [0.29, 0.717) is 0 Å². The molecule has 0 aliphatic carbocycles. The topological polar surface area (TPSA) is 45.7 Å². The summed E-state index contributed by atoms with van der Waals surface area (Å²) in [5.74, 6) is 0. The second-order valence-corrected chi connectivity index (χ2v) is 2.92. The molecule has 0 bridgehead atoms. The lowest BCUT2D eigenvalue weighted by atomic mass is 10.1. The molecule has 1 aromatic carbocycles. The van der Waals surface area contributed by atoms with Crippen molar-refractivity contribution in [1.29, 1.82) is 0 Å². The zero-order chi connectivity index (χ0) is 9.26. The number of fused-ring (bicyclic) bond motifs is 1. The van der Waals surface area contributed by atoms with Crippen molar-refractivity contribution >= 4 is 17.2 Å². The van der Waals surface area contributed by atoms with E-state index < -0.39 is 0 Å². The van der Waals surface area contributed by atoms with E-state index in [9.17, 15) is 0 Å². The third kappa shape index (κ3) is 1.28. The summed E-state index contributed by atoms with van der Waals surface area (Å²) in [4.78, 5) is 0. The van der Waals surface area contributed by atoms with Crippen LogP contribution in [0.4, 0.5) is 0 Å². The van der Waals surface area contributed by atoms with Crippen LogP contribution in [-0.2, 0) is 0 Å². The van der Waals surface area contributed by atoms with Gasteiger partial charge in [0.1, 0.15) is 5.58 Å². The first-order chi connectivity index (χ1) is 6.31. The summed E-state index contributed by atoms with van der Waals surface area (Å²) < 4.78 is 5.29. The monoisotopic (exact) mass is 175 g/mol. The quantitative estimate of drug-likeness (QED) is 0.411. The van der Waals surface area contributed by atoms with E-state index in [2.05, 4.69) is 5.16 Å². The minimum Gasteiger partial charge on any atom is -0.464 e. The van der Waals surface area contributed by atoms with Gasteiger partial charge in [0.05, 0.1) is 12.5 Å². The van der Waals surface area contributed by atoms with Gasteiger partial charge in [-0.2, -0.15) is 0 Å². The van der Waals surface area contributed by atoms with Crippen LogP contribution in [0.3, 0.4) is 0 Å². The van der Waals surface area contributed by atoms with E-state index in [1.807, 2.05) is 25.1 Å². The maximum Gasteiger partial charge on any atom is 0.134 e. The molecule has 3 nitrogen and oxygen atoms in total. The first-order valence-corrected chi connectivity index (χ1v) is 3.96. The van der Waals surface area contributed by atoms with E-state index in [-0.39, 0.29) is 0 Å². The Kier molecular flexibility index (Phi) is 1.77. The van der Waals surface area contributed by atoms with E-state index in [1.54, 1.807) is 6.26 Å². The average molecular weight is 175 g/mol. The Balaban J connectivity index is 2.63. The molecule has 0 saturated heterocycles. The standard InChI is InChI=1S/C10H9NO2/c1-7-6-13-10-4-8(5-11-12)2-3-9(7)10/h2-6,12H,1H3. The second kappa shape index (κ2) is 2.94. The largest absolute Gasteiger partial charge is 0.464 e. The smallest absolute Gasteiger partial charge is 0.134 e. The first kappa shape index (κ1) is 7.86.